The summed E-state index contributed by atoms with van der Waals surface area (Å²) in [6, 6.07) is 6.84. The Morgan fingerprint density at radius 2 is 2.16 bits per heavy atom. The number of hydrogen-bond donors (Lipinski definition) is 3. The van der Waals surface area contributed by atoms with Crippen molar-refractivity contribution in [3.8, 4) is 5.75 Å². The molecule has 6 heteroatoms. The van der Waals surface area contributed by atoms with Gasteiger partial charge in [-0.1, -0.05) is 6.07 Å². The number of carbonyl (C=O) groups is 2. The third kappa shape index (κ3) is 6.42. The molecule has 0 unspecified atom stereocenters. The van der Waals surface area contributed by atoms with Gasteiger partial charge in [-0.3, -0.25) is 9.59 Å². The van der Waals surface area contributed by atoms with Gasteiger partial charge in [0.1, 0.15) is 5.75 Å². The first kappa shape index (κ1) is 15.0. The van der Waals surface area contributed by atoms with Gasteiger partial charge in [0.25, 0.3) is 5.91 Å². The second kappa shape index (κ2) is 8.10. The van der Waals surface area contributed by atoms with Crippen LogP contribution in [0.1, 0.15) is 12.8 Å². The van der Waals surface area contributed by atoms with E-state index in [1.165, 1.54) is 0 Å². The Morgan fingerprint density at radius 1 is 1.37 bits per heavy atom. The molecule has 0 radical (unpaired) electrons. The molecule has 0 aliphatic rings. The molecule has 0 spiro atoms. The lowest BCUT2D eigenvalue weighted by Crippen LogP contribution is -2.20. The molecule has 19 heavy (non-hydrogen) atoms. The van der Waals surface area contributed by atoms with Gasteiger partial charge >= 0.3 is 0 Å². The van der Waals surface area contributed by atoms with E-state index < -0.39 is 5.91 Å². The van der Waals surface area contributed by atoms with E-state index in [-0.39, 0.29) is 12.5 Å². The van der Waals surface area contributed by atoms with E-state index in [0.717, 1.165) is 13.0 Å². The highest BCUT2D eigenvalue weighted by Gasteiger charge is 2.03. The molecule has 6 nitrogen and oxygen atoms in total. The number of nitrogens with one attached hydrogen (secondary N) is 2. The van der Waals surface area contributed by atoms with E-state index in [2.05, 4.69) is 10.6 Å². The van der Waals surface area contributed by atoms with Gasteiger partial charge < -0.3 is 21.1 Å². The fourth-order valence-electron chi connectivity index (χ4n) is 1.47. The van der Waals surface area contributed by atoms with Crippen LogP contribution in [0.25, 0.3) is 0 Å². The van der Waals surface area contributed by atoms with Gasteiger partial charge in [0, 0.05) is 18.2 Å². The minimum atomic E-state index is -0.540. The minimum Gasteiger partial charge on any atom is -0.484 e. The number of hydrogen-bond acceptors (Lipinski definition) is 4. The highest BCUT2D eigenvalue weighted by Crippen LogP contribution is 2.17. The van der Waals surface area contributed by atoms with Crippen LogP contribution < -0.4 is 21.1 Å². The summed E-state index contributed by atoms with van der Waals surface area (Å²) in [4.78, 5) is 22.2. The molecule has 0 bridgehead atoms. The molecule has 1 aromatic carbocycles. The van der Waals surface area contributed by atoms with Crippen molar-refractivity contribution in [2.24, 2.45) is 5.73 Å². The zero-order valence-electron chi connectivity index (χ0n) is 10.9. The topological polar surface area (TPSA) is 93.4 Å². The van der Waals surface area contributed by atoms with Crippen molar-refractivity contribution in [2.45, 2.75) is 12.8 Å². The first-order valence-electron chi connectivity index (χ1n) is 6.07. The van der Waals surface area contributed by atoms with Crippen LogP contribution in [0, 0.1) is 0 Å². The molecule has 2 amide bonds. The van der Waals surface area contributed by atoms with Crippen molar-refractivity contribution in [3.05, 3.63) is 24.3 Å². The fourth-order valence-corrected chi connectivity index (χ4v) is 1.47. The lowest BCUT2D eigenvalue weighted by atomic mass is 10.2. The number of anilines is 1. The Hall–Kier alpha value is -2.08. The van der Waals surface area contributed by atoms with Gasteiger partial charge in [-0.15, -0.1) is 0 Å². The zero-order chi connectivity index (χ0) is 14.1. The summed E-state index contributed by atoms with van der Waals surface area (Å²) < 4.78 is 5.15. The van der Waals surface area contributed by atoms with Gasteiger partial charge in [0.15, 0.2) is 6.61 Å². The average molecular weight is 265 g/mol. The molecule has 0 saturated carbocycles. The maximum Gasteiger partial charge on any atom is 0.255 e. The predicted octanol–water partition coefficient (Wildman–Crippen LogP) is 0.489. The molecule has 0 aromatic heterocycles. The molecule has 4 N–H and O–H groups in total. The van der Waals surface area contributed by atoms with E-state index in [0.29, 0.717) is 17.9 Å². The van der Waals surface area contributed by atoms with E-state index in [4.69, 9.17) is 10.5 Å². The minimum absolute atomic E-state index is 0.0534. The van der Waals surface area contributed by atoms with E-state index in [1.54, 1.807) is 24.3 Å². The summed E-state index contributed by atoms with van der Waals surface area (Å²) in [6.45, 7) is 0.620. The smallest absolute Gasteiger partial charge is 0.255 e. The van der Waals surface area contributed by atoms with Crippen molar-refractivity contribution < 1.29 is 14.3 Å². The second-order valence-electron chi connectivity index (χ2n) is 4.04. The average Bonchev–Trinajstić information content (AvgIpc) is 2.37. The summed E-state index contributed by atoms with van der Waals surface area (Å²) in [5, 5.41) is 5.75. The highest BCUT2D eigenvalue weighted by atomic mass is 16.5. The summed E-state index contributed by atoms with van der Waals surface area (Å²) in [7, 11) is 1.84. The number of benzene rings is 1. The lowest BCUT2D eigenvalue weighted by Gasteiger charge is -2.08. The monoisotopic (exact) mass is 265 g/mol. The van der Waals surface area contributed by atoms with Crippen LogP contribution in [-0.2, 0) is 9.59 Å². The second-order valence-corrected chi connectivity index (χ2v) is 4.04. The Bertz CT molecular complexity index is 435. The van der Waals surface area contributed by atoms with Gasteiger partial charge in [0.05, 0.1) is 0 Å². The molecule has 1 rings (SSSR count). The zero-order valence-corrected chi connectivity index (χ0v) is 10.9. The van der Waals surface area contributed by atoms with Crippen LogP contribution in [0.4, 0.5) is 5.69 Å². The molecule has 104 valence electrons. The Morgan fingerprint density at radius 3 is 2.84 bits per heavy atom. The predicted molar refractivity (Wildman–Crippen MR) is 72.9 cm³/mol. The van der Waals surface area contributed by atoms with E-state index in [9.17, 15) is 9.59 Å². The highest BCUT2D eigenvalue weighted by molar-refractivity contribution is 5.90. The number of primary amides is 1. The summed E-state index contributed by atoms with van der Waals surface area (Å²) in [6.07, 6.45) is 1.23. The fraction of sp³-hybridized carbons (Fsp3) is 0.385. The number of amides is 2. The number of ether oxygens (including phenoxy) is 1. The maximum atomic E-state index is 11.6. The van der Waals surface area contributed by atoms with Gasteiger partial charge in [-0.25, -0.2) is 0 Å². The van der Waals surface area contributed by atoms with Crippen LogP contribution in [0.3, 0.4) is 0 Å². The van der Waals surface area contributed by atoms with Crippen molar-refractivity contribution in [3.63, 3.8) is 0 Å². The van der Waals surface area contributed by atoms with E-state index in [1.807, 2.05) is 7.05 Å². The quantitative estimate of drug-likeness (QED) is 0.596. The van der Waals surface area contributed by atoms with Crippen LogP contribution in [0.15, 0.2) is 24.3 Å². The molecule has 1 aromatic rings. The Balaban J connectivity index is 2.47. The van der Waals surface area contributed by atoms with Crippen molar-refractivity contribution in [2.75, 3.05) is 25.5 Å². The van der Waals surface area contributed by atoms with Crippen LogP contribution in [-0.4, -0.2) is 32.0 Å². The number of carbonyl (C=O) groups excluding carboxylic acids is 2. The lowest BCUT2D eigenvalue weighted by molar-refractivity contribution is -0.120. The molecular formula is C13H19N3O3. The Kier molecular flexibility index (Phi) is 6.38. The maximum absolute atomic E-state index is 11.6. The third-order valence-electron chi connectivity index (χ3n) is 2.33. The van der Waals surface area contributed by atoms with Crippen molar-refractivity contribution in [1.29, 1.82) is 0 Å². The summed E-state index contributed by atoms with van der Waals surface area (Å²) in [5.74, 6) is -0.101. The normalized spacial score (nSPS) is 9.95. The molecular weight excluding hydrogens is 246 g/mol. The summed E-state index contributed by atoms with van der Waals surface area (Å²) in [5.41, 5.74) is 5.62. The largest absolute Gasteiger partial charge is 0.484 e. The summed E-state index contributed by atoms with van der Waals surface area (Å²) >= 11 is 0. The van der Waals surface area contributed by atoms with Crippen molar-refractivity contribution in [1.82, 2.24) is 5.32 Å². The van der Waals surface area contributed by atoms with Crippen LogP contribution in [0.5, 0.6) is 5.75 Å². The molecule has 0 aliphatic heterocycles. The third-order valence-corrected chi connectivity index (χ3v) is 2.33. The van der Waals surface area contributed by atoms with Gasteiger partial charge in [-0.2, -0.15) is 0 Å². The number of nitrogens with two attached hydrogens (primary N) is 1. The van der Waals surface area contributed by atoms with Crippen molar-refractivity contribution >= 4 is 17.5 Å². The Labute approximate surface area is 112 Å². The molecule has 0 aliphatic carbocycles. The molecule has 0 saturated heterocycles. The first-order chi connectivity index (χ1) is 9.11. The van der Waals surface area contributed by atoms with Crippen LogP contribution in [0.2, 0.25) is 0 Å². The van der Waals surface area contributed by atoms with Gasteiger partial charge in [0.2, 0.25) is 5.91 Å². The molecule has 0 heterocycles. The number of rotatable bonds is 8. The molecule has 0 fully saturated rings. The van der Waals surface area contributed by atoms with Crippen LogP contribution >= 0.6 is 0 Å². The van der Waals surface area contributed by atoms with E-state index >= 15 is 0 Å². The molecule has 0 atom stereocenters. The SMILES string of the molecule is CNCCCC(=O)Nc1cccc(OCC(N)=O)c1. The van der Waals surface area contributed by atoms with Gasteiger partial charge in [-0.05, 0) is 32.1 Å². The first-order valence-corrected chi connectivity index (χ1v) is 6.07. The standard InChI is InChI=1S/C13H19N3O3/c1-15-7-3-6-13(18)16-10-4-2-5-11(8-10)19-9-12(14)17/h2,4-5,8,15H,3,6-7,9H2,1H3,(H2,14,17)(H,16,18).